The number of carbonyl (C=O) groups excluding carboxylic acids is 1. The van der Waals surface area contributed by atoms with Gasteiger partial charge in [0.15, 0.2) is 0 Å². The summed E-state index contributed by atoms with van der Waals surface area (Å²) < 4.78 is 6.23. The number of nitrogens with two attached hydrogens (primary N) is 1. The van der Waals surface area contributed by atoms with E-state index in [9.17, 15) is 4.79 Å². The van der Waals surface area contributed by atoms with Gasteiger partial charge in [0.05, 0.1) is 5.56 Å². The fourth-order valence-electron chi connectivity index (χ4n) is 6.01. The number of anilines is 1. The Morgan fingerprint density at radius 3 is 2.50 bits per heavy atom. The highest BCUT2D eigenvalue weighted by atomic mass is 16.5. The molecule has 1 aromatic carbocycles. The predicted octanol–water partition coefficient (Wildman–Crippen LogP) is 3.96. The van der Waals surface area contributed by atoms with Crippen molar-refractivity contribution >= 4 is 11.7 Å². The molecule has 2 saturated carbocycles. The molecule has 3 fully saturated rings. The molecule has 2 aliphatic carbocycles. The van der Waals surface area contributed by atoms with Crippen molar-refractivity contribution in [3.05, 3.63) is 29.8 Å². The van der Waals surface area contributed by atoms with Crippen molar-refractivity contribution in [2.45, 2.75) is 52.6 Å². The molecule has 1 saturated heterocycles. The number of rotatable bonds is 4. The maximum absolute atomic E-state index is 12.8. The Morgan fingerprint density at radius 1 is 1.19 bits per heavy atom. The number of nitrogens with zero attached hydrogens (tertiary/aromatic N) is 1. The highest BCUT2D eigenvalue weighted by Gasteiger charge is 2.67. The van der Waals surface area contributed by atoms with Gasteiger partial charge in [0, 0.05) is 23.6 Å². The van der Waals surface area contributed by atoms with Crippen LogP contribution in [0.4, 0.5) is 5.69 Å². The van der Waals surface area contributed by atoms with E-state index in [0.717, 1.165) is 13.0 Å². The summed E-state index contributed by atoms with van der Waals surface area (Å²) in [4.78, 5) is 15.4. The molecule has 26 heavy (non-hydrogen) atoms. The Bertz CT molecular complexity index is 678. The van der Waals surface area contributed by atoms with E-state index in [4.69, 9.17) is 10.5 Å². The third kappa shape index (κ3) is 2.65. The first-order chi connectivity index (χ1) is 12.3. The molecular weight excluding hydrogens is 324 g/mol. The molecule has 4 nitrogen and oxygen atoms in total. The van der Waals surface area contributed by atoms with E-state index in [1.165, 1.54) is 32.4 Å². The van der Waals surface area contributed by atoms with Crippen LogP contribution in [0.15, 0.2) is 24.3 Å². The quantitative estimate of drug-likeness (QED) is 0.655. The minimum atomic E-state index is -0.203. The summed E-state index contributed by atoms with van der Waals surface area (Å²) in [6.07, 6.45) is 5.02. The van der Waals surface area contributed by atoms with Crippen LogP contribution < -0.4 is 5.73 Å². The molecule has 2 N–H and O–H groups in total. The highest BCUT2D eigenvalue weighted by Crippen LogP contribution is 2.68. The Hall–Kier alpha value is -1.55. The van der Waals surface area contributed by atoms with E-state index < -0.39 is 0 Å². The number of nitrogen functional groups attached to an aromatic ring is 1. The lowest BCUT2D eigenvalue weighted by Crippen LogP contribution is -2.44. The first kappa shape index (κ1) is 17.8. The van der Waals surface area contributed by atoms with Gasteiger partial charge >= 0.3 is 5.97 Å². The molecular formula is C22H32N2O2. The van der Waals surface area contributed by atoms with Crippen molar-refractivity contribution in [1.82, 2.24) is 4.90 Å². The van der Waals surface area contributed by atoms with Gasteiger partial charge in [-0.1, -0.05) is 20.8 Å². The van der Waals surface area contributed by atoms with Gasteiger partial charge in [-0.15, -0.1) is 0 Å². The molecule has 142 valence electrons. The van der Waals surface area contributed by atoms with Gasteiger partial charge in [0.2, 0.25) is 0 Å². The topological polar surface area (TPSA) is 55.6 Å². The predicted molar refractivity (Wildman–Crippen MR) is 104 cm³/mol. The standard InChI is InChI=1S/C22H32N2O2/c1-21(2)18-10-11-22(21,3)19(17(18)14-24-12-4-5-13-24)26-20(25)15-6-8-16(23)9-7-15/h6-9,17-19H,4-5,10-14,23H2,1-3H3. The van der Waals surface area contributed by atoms with Crippen LogP contribution in [0, 0.1) is 22.7 Å². The molecule has 4 heteroatoms. The number of benzene rings is 1. The molecule has 0 aromatic heterocycles. The molecule has 2 bridgehead atoms. The first-order valence-corrected chi connectivity index (χ1v) is 10.1. The van der Waals surface area contributed by atoms with E-state index >= 15 is 0 Å². The lowest BCUT2D eigenvalue weighted by molar-refractivity contribution is -0.0451. The molecule has 4 rings (SSSR count). The number of likely N-dealkylation sites (tertiary alicyclic amines) is 1. The highest BCUT2D eigenvalue weighted by molar-refractivity contribution is 5.90. The SMILES string of the molecule is CC1(C)C2CCC1(C)C(OC(=O)c1ccc(N)cc1)C2CN1CCCC1. The number of fused-ring (bicyclic) bond motifs is 2. The van der Waals surface area contributed by atoms with Crippen molar-refractivity contribution in [1.29, 1.82) is 0 Å². The third-order valence-electron chi connectivity index (χ3n) is 7.96. The lowest BCUT2D eigenvalue weighted by Gasteiger charge is -2.40. The maximum atomic E-state index is 12.8. The second-order valence-corrected chi connectivity index (χ2v) is 9.40. The zero-order chi connectivity index (χ0) is 18.5. The Morgan fingerprint density at radius 2 is 1.85 bits per heavy atom. The van der Waals surface area contributed by atoms with E-state index in [1.54, 1.807) is 24.3 Å². The summed E-state index contributed by atoms with van der Waals surface area (Å²) in [5.74, 6) is 0.878. The lowest BCUT2D eigenvalue weighted by atomic mass is 9.70. The van der Waals surface area contributed by atoms with Crippen LogP contribution in [-0.2, 0) is 4.74 Å². The number of ether oxygens (including phenoxy) is 1. The van der Waals surface area contributed by atoms with Gasteiger partial charge in [-0.2, -0.15) is 0 Å². The molecule has 0 amide bonds. The van der Waals surface area contributed by atoms with Gasteiger partial charge in [0.25, 0.3) is 0 Å². The van der Waals surface area contributed by atoms with Crippen molar-refractivity contribution in [2.24, 2.45) is 22.7 Å². The van der Waals surface area contributed by atoms with E-state index in [-0.39, 0.29) is 22.9 Å². The van der Waals surface area contributed by atoms with Gasteiger partial charge < -0.3 is 15.4 Å². The number of esters is 1. The Kier molecular flexibility index (Phi) is 4.30. The van der Waals surface area contributed by atoms with Crippen LogP contribution in [0.5, 0.6) is 0 Å². The van der Waals surface area contributed by atoms with Crippen molar-refractivity contribution < 1.29 is 9.53 Å². The second kappa shape index (κ2) is 6.26. The average molecular weight is 357 g/mol. The smallest absolute Gasteiger partial charge is 0.338 e. The molecule has 4 atom stereocenters. The van der Waals surface area contributed by atoms with Crippen LogP contribution >= 0.6 is 0 Å². The van der Waals surface area contributed by atoms with Crippen molar-refractivity contribution in [3.8, 4) is 0 Å². The monoisotopic (exact) mass is 356 g/mol. The normalized spacial score (nSPS) is 35.7. The van der Waals surface area contributed by atoms with Crippen molar-refractivity contribution in [2.75, 3.05) is 25.4 Å². The van der Waals surface area contributed by atoms with Crippen LogP contribution in [0.25, 0.3) is 0 Å². The van der Waals surface area contributed by atoms with E-state index in [1.807, 2.05) is 0 Å². The van der Waals surface area contributed by atoms with Gasteiger partial charge in [0.1, 0.15) is 6.10 Å². The van der Waals surface area contributed by atoms with Crippen LogP contribution in [0.2, 0.25) is 0 Å². The van der Waals surface area contributed by atoms with Crippen LogP contribution in [0.3, 0.4) is 0 Å². The van der Waals surface area contributed by atoms with Crippen molar-refractivity contribution in [3.63, 3.8) is 0 Å². The first-order valence-electron chi connectivity index (χ1n) is 10.1. The molecule has 1 aliphatic heterocycles. The fraction of sp³-hybridized carbons (Fsp3) is 0.682. The largest absolute Gasteiger partial charge is 0.458 e. The van der Waals surface area contributed by atoms with E-state index in [0.29, 0.717) is 23.1 Å². The fourth-order valence-corrected chi connectivity index (χ4v) is 6.01. The summed E-state index contributed by atoms with van der Waals surface area (Å²) in [6, 6.07) is 7.08. The summed E-state index contributed by atoms with van der Waals surface area (Å²) in [5.41, 5.74) is 7.29. The Labute approximate surface area is 157 Å². The summed E-state index contributed by atoms with van der Waals surface area (Å²) in [7, 11) is 0. The summed E-state index contributed by atoms with van der Waals surface area (Å²) >= 11 is 0. The summed E-state index contributed by atoms with van der Waals surface area (Å²) in [6.45, 7) is 10.6. The third-order valence-corrected chi connectivity index (χ3v) is 7.96. The minimum Gasteiger partial charge on any atom is -0.458 e. The second-order valence-electron chi connectivity index (χ2n) is 9.40. The van der Waals surface area contributed by atoms with E-state index in [2.05, 4.69) is 25.7 Å². The molecule has 0 radical (unpaired) electrons. The Balaban J connectivity index is 1.58. The molecule has 1 aromatic rings. The average Bonchev–Trinajstić information content (AvgIpc) is 3.22. The number of hydrogen-bond acceptors (Lipinski definition) is 4. The molecule has 1 heterocycles. The van der Waals surface area contributed by atoms with Gasteiger partial charge in [-0.3, -0.25) is 0 Å². The minimum absolute atomic E-state index is 0.00176. The zero-order valence-corrected chi connectivity index (χ0v) is 16.3. The van der Waals surface area contributed by atoms with Crippen LogP contribution in [0.1, 0.15) is 56.8 Å². The van der Waals surface area contributed by atoms with Gasteiger partial charge in [-0.05, 0) is 74.4 Å². The number of hydrogen-bond donors (Lipinski definition) is 1. The zero-order valence-electron chi connectivity index (χ0n) is 16.3. The maximum Gasteiger partial charge on any atom is 0.338 e. The summed E-state index contributed by atoms with van der Waals surface area (Å²) in [5, 5.41) is 0. The van der Waals surface area contributed by atoms with Gasteiger partial charge in [-0.25, -0.2) is 4.79 Å². The molecule has 0 spiro atoms. The number of carbonyl (C=O) groups is 1. The van der Waals surface area contributed by atoms with Crippen LogP contribution in [-0.4, -0.2) is 36.6 Å². The molecule has 3 aliphatic rings. The molecule has 4 unspecified atom stereocenters.